The molecule has 140 valence electrons. The fraction of sp³-hybridized carbons (Fsp3) is 0.895. The van der Waals surface area contributed by atoms with E-state index in [-0.39, 0.29) is 17.4 Å². The summed E-state index contributed by atoms with van der Waals surface area (Å²) in [5.41, 5.74) is 5.04. The Morgan fingerprint density at radius 1 is 1.08 bits per heavy atom. The molecule has 1 aliphatic rings. The lowest BCUT2D eigenvalue weighted by molar-refractivity contribution is -0.146. The maximum Gasteiger partial charge on any atom is 0.240 e. The van der Waals surface area contributed by atoms with Crippen LogP contribution in [-0.2, 0) is 9.59 Å². The third-order valence-electron chi connectivity index (χ3n) is 5.76. The molecule has 5 nitrogen and oxygen atoms in total. The summed E-state index contributed by atoms with van der Waals surface area (Å²) < 4.78 is 0. The minimum atomic E-state index is -0.622. The van der Waals surface area contributed by atoms with E-state index in [1.165, 1.54) is 32.1 Å². The van der Waals surface area contributed by atoms with Crippen LogP contribution in [0, 0.1) is 16.7 Å². The Morgan fingerprint density at radius 2 is 1.58 bits per heavy atom. The summed E-state index contributed by atoms with van der Waals surface area (Å²) >= 11 is 0. The molecule has 24 heavy (non-hydrogen) atoms. The third kappa shape index (κ3) is 4.50. The summed E-state index contributed by atoms with van der Waals surface area (Å²) in [6, 6.07) is -0.946. The van der Waals surface area contributed by atoms with Crippen molar-refractivity contribution in [3.05, 3.63) is 0 Å². The van der Waals surface area contributed by atoms with Crippen LogP contribution in [-0.4, -0.2) is 42.9 Å². The van der Waals surface area contributed by atoms with Crippen LogP contribution in [0.4, 0.5) is 0 Å². The van der Waals surface area contributed by atoms with Crippen molar-refractivity contribution < 1.29 is 9.59 Å². The van der Waals surface area contributed by atoms with Gasteiger partial charge in [0.2, 0.25) is 11.8 Å². The van der Waals surface area contributed by atoms with Gasteiger partial charge in [-0.25, -0.2) is 0 Å². The van der Waals surface area contributed by atoms with Crippen molar-refractivity contribution in [1.29, 1.82) is 0 Å². The van der Waals surface area contributed by atoms with E-state index in [4.69, 9.17) is 5.73 Å². The molecule has 0 unspecified atom stereocenters. The number of carbonyl (C=O) groups excluding carboxylic acids is 2. The molecular weight excluding hydrogens is 302 g/mol. The first kappa shape index (κ1) is 20.9. The monoisotopic (exact) mass is 339 g/mol. The number of rotatable bonds is 6. The molecule has 5 heteroatoms. The molecule has 1 rings (SSSR count). The van der Waals surface area contributed by atoms with Crippen LogP contribution in [0.1, 0.15) is 66.7 Å². The van der Waals surface area contributed by atoms with Crippen LogP contribution in [0.5, 0.6) is 0 Å². The number of nitrogens with one attached hydrogen (secondary N) is 1. The molecule has 1 saturated carbocycles. The molecule has 1 aliphatic carbocycles. The molecule has 0 aromatic carbocycles. The van der Waals surface area contributed by atoms with E-state index in [0.29, 0.717) is 5.92 Å². The highest BCUT2D eigenvalue weighted by atomic mass is 16.2. The molecule has 0 heterocycles. The van der Waals surface area contributed by atoms with Crippen molar-refractivity contribution in [3.8, 4) is 0 Å². The molecule has 0 spiro atoms. The Balaban J connectivity index is 3.05. The number of likely N-dealkylation sites (N-methyl/N-ethyl adjacent to an activating group) is 2. The third-order valence-corrected chi connectivity index (χ3v) is 5.76. The molecule has 2 amide bonds. The summed E-state index contributed by atoms with van der Waals surface area (Å²) in [5, 5.41) is 3.22. The van der Waals surface area contributed by atoms with Gasteiger partial charge >= 0.3 is 0 Å². The molecule has 0 radical (unpaired) electrons. The molecular formula is C19H37N3O2. The zero-order valence-electron chi connectivity index (χ0n) is 16.6. The molecule has 0 aliphatic heterocycles. The molecule has 0 bridgehead atoms. The summed E-state index contributed by atoms with van der Waals surface area (Å²) in [6.07, 6.45) is 6.10. The lowest BCUT2D eigenvalue weighted by Gasteiger charge is -2.45. The van der Waals surface area contributed by atoms with Crippen LogP contribution in [0.2, 0.25) is 0 Å². The SMILES string of the molecule is CN[C@H](C(=O)N(C)[C@H](C(N)=O)C(C)(C)C)C(C)(C)C1CCCCC1. The zero-order chi connectivity index (χ0) is 18.7. The highest BCUT2D eigenvalue weighted by Gasteiger charge is 2.45. The number of hydrogen-bond donors (Lipinski definition) is 2. The number of carbonyl (C=O) groups is 2. The molecule has 0 aromatic heterocycles. The fourth-order valence-corrected chi connectivity index (χ4v) is 4.43. The van der Waals surface area contributed by atoms with Gasteiger partial charge in [0.1, 0.15) is 6.04 Å². The maximum absolute atomic E-state index is 13.2. The van der Waals surface area contributed by atoms with Crippen molar-refractivity contribution in [2.75, 3.05) is 14.1 Å². The van der Waals surface area contributed by atoms with Crippen molar-refractivity contribution in [1.82, 2.24) is 10.2 Å². The van der Waals surface area contributed by atoms with Gasteiger partial charge in [-0.05, 0) is 36.6 Å². The highest BCUT2D eigenvalue weighted by molar-refractivity contribution is 5.89. The Morgan fingerprint density at radius 3 is 1.96 bits per heavy atom. The van der Waals surface area contributed by atoms with Gasteiger partial charge in [0, 0.05) is 7.05 Å². The van der Waals surface area contributed by atoms with Crippen LogP contribution < -0.4 is 11.1 Å². The molecule has 1 fully saturated rings. The van der Waals surface area contributed by atoms with Crippen molar-refractivity contribution in [2.45, 2.75) is 78.8 Å². The average Bonchev–Trinajstić information content (AvgIpc) is 2.46. The Bertz CT molecular complexity index is 448. The van der Waals surface area contributed by atoms with E-state index in [2.05, 4.69) is 19.2 Å². The fourth-order valence-electron chi connectivity index (χ4n) is 4.43. The maximum atomic E-state index is 13.2. The van der Waals surface area contributed by atoms with Gasteiger partial charge in [0.05, 0.1) is 6.04 Å². The first-order chi connectivity index (χ1) is 10.9. The first-order valence-electron chi connectivity index (χ1n) is 9.17. The second kappa shape index (κ2) is 7.85. The van der Waals surface area contributed by atoms with E-state index in [9.17, 15) is 9.59 Å². The van der Waals surface area contributed by atoms with Crippen molar-refractivity contribution in [2.24, 2.45) is 22.5 Å². The van der Waals surface area contributed by atoms with Crippen LogP contribution in [0.3, 0.4) is 0 Å². The van der Waals surface area contributed by atoms with E-state index < -0.39 is 17.4 Å². The minimum Gasteiger partial charge on any atom is -0.368 e. The quantitative estimate of drug-likeness (QED) is 0.781. The van der Waals surface area contributed by atoms with Gasteiger partial charge in [-0.15, -0.1) is 0 Å². The topological polar surface area (TPSA) is 75.4 Å². The van der Waals surface area contributed by atoms with E-state index >= 15 is 0 Å². The zero-order valence-corrected chi connectivity index (χ0v) is 16.6. The van der Waals surface area contributed by atoms with E-state index in [1.54, 1.807) is 11.9 Å². The van der Waals surface area contributed by atoms with Crippen LogP contribution in [0.15, 0.2) is 0 Å². The van der Waals surface area contributed by atoms with E-state index in [1.807, 2.05) is 27.8 Å². The molecule has 0 saturated heterocycles. The largest absolute Gasteiger partial charge is 0.368 e. The van der Waals surface area contributed by atoms with Crippen molar-refractivity contribution >= 4 is 11.8 Å². The number of primary amides is 1. The molecule has 3 N–H and O–H groups in total. The van der Waals surface area contributed by atoms with Gasteiger partial charge < -0.3 is 16.0 Å². The summed E-state index contributed by atoms with van der Waals surface area (Å²) in [7, 11) is 3.53. The second-order valence-corrected chi connectivity index (χ2v) is 9.00. The van der Waals surface area contributed by atoms with Crippen LogP contribution >= 0.6 is 0 Å². The van der Waals surface area contributed by atoms with Gasteiger partial charge in [-0.2, -0.15) is 0 Å². The minimum absolute atomic E-state index is 0.0493. The predicted molar refractivity (Wildman–Crippen MR) is 98.4 cm³/mol. The number of amides is 2. The number of nitrogens with zero attached hydrogens (tertiary/aromatic N) is 1. The van der Waals surface area contributed by atoms with E-state index in [0.717, 1.165) is 0 Å². The number of nitrogens with two attached hydrogens (primary N) is 1. The second-order valence-electron chi connectivity index (χ2n) is 9.00. The Labute approximate surface area is 147 Å². The summed E-state index contributed by atoms with van der Waals surface area (Å²) in [5.74, 6) is 0.0122. The van der Waals surface area contributed by atoms with Crippen molar-refractivity contribution in [3.63, 3.8) is 0 Å². The Hall–Kier alpha value is -1.10. The lowest BCUT2D eigenvalue weighted by Crippen LogP contribution is -2.60. The standard InChI is InChI=1S/C19H37N3O2/c1-18(2,3)15(16(20)23)22(7)17(24)14(21-6)19(4,5)13-11-9-8-10-12-13/h13-15,21H,8-12H2,1-7H3,(H2,20,23)/t14-,15-/m1/s1. The van der Waals surface area contributed by atoms with Gasteiger partial charge in [-0.1, -0.05) is 53.9 Å². The highest BCUT2D eigenvalue weighted by Crippen LogP contribution is 2.41. The van der Waals surface area contributed by atoms with Gasteiger partial charge in [-0.3, -0.25) is 9.59 Å². The lowest BCUT2D eigenvalue weighted by atomic mass is 9.66. The normalized spacial score (nSPS) is 19.6. The van der Waals surface area contributed by atoms with Crippen LogP contribution in [0.25, 0.3) is 0 Å². The predicted octanol–water partition coefficient (Wildman–Crippen LogP) is 2.54. The van der Waals surface area contributed by atoms with Gasteiger partial charge in [0.15, 0.2) is 0 Å². The molecule has 2 atom stereocenters. The first-order valence-corrected chi connectivity index (χ1v) is 9.17. The molecule has 0 aromatic rings. The average molecular weight is 340 g/mol. The summed E-state index contributed by atoms with van der Waals surface area (Å²) in [6.45, 7) is 10.2. The van der Waals surface area contributed by atoms with Gasteiger partial charge in [0.25, 0.3) is 0 Å². The smallest absolute Gasteiger partial charge is 0.240 e. The number of hydrogen-bond acceptors (Lipinski definition) is 3. The summed E-state index contributed by atoms with van der Waals surface area (Å²) in [4.78, 5) is 26.7. The Kier molecular flexibility index (Phi) is 6.85.